The number of hydrogen-bond donors (Lipinski definition) is 2. The van der Waals surface area contributed by atoms with Crippen molar-refractivity contribution < 1.29 is 9.59 Å². The standard InChI is InChI=1S/C17H21N5O2S2/c1-12-20-21-16(26-12)19-15(23)14(11-13-5-3-2-4-6-13)18-17(24)22-7-9-25-10-8-22/h2-6,14H,7-11H2,1H3,(H,18,24)(H,19,21,23). The van der Waals surface area contributed by atoms with Gasteiger partial charge in [-0.3, -0.25) is 10.1 Å². The second-order valence-electron chi connectivity index (χ2n) is 5.91. The maximum absolute atomic E-state index is 12.7. The number of aromatic nitrogens is 2. The first kappa shape index (κ1) is 18.7. The van der Waals surface area contributed by atoms with Gasteiger partial charge in [-0.2, -0.15) is 11.8 Å². The number of rotatable bonds is 5. The lowest BCUT2D eigenvalue weighted by molar-refractivity contribution is -0.118. The van der Waals surface area contributed by atoms with Crippen molar-refractivity contribution in [3.8, 4) is 0 Å². The van der Waals surface area contributed by atoms with E-state index >= 15 is 0 Å². The van der Waals surface area contributed by atoms with E-state index in [1.54, 1.807) is 4.90 Å². The zero-order chi connectivity index (χ0) is 18.4. The molecule has 1 saturated heterocycles. The quantitative estimate of drug-likeness (QED) is 0.816. The van der Waals surface area contributed by atoms with Crippen LogP contribution in [0.15, 0.2) is 30.3 Å². The number of aryl methyl sites for hydroxylation is 1. The number of carbonyl (C=O) groups excluding carboxylic acids is 2. The topological polar surface area (TPSA) is 87.2 Å². The fraction of sp³-hybridized carbons (Fsp3) is 0.412. The van der Waals surface area contributed by atoms with Crippen LogP contribution < -0.4 is 10.6 Å². The number of nitrogens with zero attached hydrogens (tertiary/aromatic N) is 3. The molecule has 1 atom stereocenters. The van der Waals surface area contributed by atoms with E-state index in [-0.39, 0.29) is 11.9 Å². The highest BCUT2D eigenvalue weighted by molar-refractivity contribution is 7.99. The van der Waals surface area contributed by atoms with Gasteiger partial charge in [-0.15, -0.1) is 10.2 Å². The highest BCUT2D eigenvalue weighted by Crippen LogP contribution is 2.15. The van der Waals surface area contributed by atoms with Gasteiger partial charge in [0.1, 0.15) is 11.0 Å². The number of amides is 3. The molecule has 0 aliphatic carbocycles. The van der Waals surface area contributed by atoms with Gasteiger partial charge in [0, 0.05) is 31.0 Å². The van der Waals surface area contributed by atoms with Crippen molar-refractivity contribution in [2.75, 3.05) is 29.9 Å². The summed E-state index contributed by atoms with van der Waals surface area (Å²) in [5.74, 6) is 1.56. The van der Waals surface area contributed by atoms with Crippen LogP contribution in [0.1, 0.15) is 10.6 Å². The van der Waals surface area contributed by atoms with Crippen molar-refractivity contribution in [1.29, 1.82) is 0 Å². The van der Waals surface area contributed by atoms with E-state index in [1.807, 2.05) is 49.0 Å². The van der Waals surface area contributed by atoms with Gasteiger partial charge in [0.15, 0.2) is 0 Å². The Morgan fingerprint density at radius 1 is 1.19 bits per heavy atom. The van der Waals surface area contributed by atoms with E-state index in [2.05, 4.69) is 20.8 Å². The maximum atomic E-state index is 12.7. The Morgan fingerprint density at radius 3 is 2.58 bits per heavy atom. The molecule has 0 saturated carbocycles. The fourth-order valence-electron chi connectivity index (χ4n) is 2.61. The van der Waals surface area contributed by atoms with Crippen molar-refractivity contribution in [3.63, 3.8) is 0 Å². The van der Waals surface area contributed by atoms with Gasteiger partial charge in [-0.25, -0.2) is 4.79 Å². The summed E-state index contributed by atoms with van der Waals surface area (Å²) < 4.78 is 0. The monoisotopic (exact) mass is 391 g/mol. The first-order valence-corrected chi connectivity index (χ1v) is 10.4. The molecule has 0 radical (unpaired) electrons. The number of hydrogen-bond acceptors (Lipinski definition) is 6. The summed E-state index contributed by atoms with van der Waals surface area (Å²) in [4.78, 5) is 27.1. The molecular weight excluding hydrogens is 370 g/mol. The van der Waals surface area contributed by atoms with Gasteiger partial charge in [0.05, 0.1) is 0 Å². The summed E-state index contributed by atoms with van der Waals surface area (Å²) in [6.45, 7) is 3.22. The molecule has 3 amide bonds. The Morgan fingerprint density at radius 2 is 1.92 bits per heavy atom. The lowest BCUT2D eigenvalue weighted by atomic mass is 10.1. The molecule has 2 heterocycles. The van der Waals surface area contributed by atoms with Crippen LogP contribution in [0.4, 0.5) is 9.93 Å². The van der Waals surface area contributed by atoms with Crippen LogP contribution in [0.3, 0.4) is 0 Å². The summed E-state index contributed by atoms with van der Waals surface area (Å²) in [6, 6.07) is 8.77. The summed E-state index contributed by atoms with van der Waals surface area (Å²) in [6.07, 6.45) is 0.415. The molecule has 1 aliphatic heterocycles. The van der Waals surface area contributed by atoms with Crippen LogP contribution in [-0.4, -0.2) is 57.7 Å². The minimum Gasteiger partial charge on any atom is -0.326 e. The SMILES string of the molecule is Cc1nnc(NC(=O)C(Cc2ccccc2)NC(=O)N2CCSCC2)s1. The second kappa shape index (κ2) is 9.00. The number of carbonyl (C=O) groups is 2. The minimum absolute atomic E-state index is 0.199. The van der Waals surface area contributed by atoms with E-state index < -0.39 is 6.04 Å². The highest BCUT2D eigenvalue weighted by Gasteiger charge is 2.25. The first-order valence-electron chi connectivity index (χ1n) is 8.40. The molecule has 3 rings (SSSR count). The molecule has 1 aliphatic rings. The Balaban J connectivity index is 1.69. The van der Waals surface area contributed by atoms with Crippen molar-refractivity contribution in [2.45, 2.75) is 19.4 Å². The lowest BCUT2D eigenvalue weighted by Crippen LogP contribution is -2.52. The van der Waals surface area contributed by atoms with E-state index in [0.717, 1.165) is 22.1 Å². The molecule has 0 spiro atoms. The molecule has 2 aromatic rings. The van der Waals surface area contributed by atoms with Crippen LogP contribution in [0.25, 0.3) is 0 Å². The number of benzene rings is 1. The van der Waals surface area contributed by atoms with Crippen LogP contribution in [0, 0.1) is 6.92 Å². The van der Waals surface area contributed by atoms with Crippen molar-refractivity contribution in [3.05, 3.63) is 40.9 Å². The third-order valence-corrected chi connectivity index (χ3v) is 5.65. The van der Waals surface area contributed by atoms with Gasteiger partial charge < -0.3 is 10.2 Å². The normalized spacial score (nSPS) is 15.3. The van der Waals surface area contributed by atoms with E-state index in [0.29, 0.717) is 24.6 Å². The molecular formula is C17H21N5O2S2. The Bertz CT molecular complexity index is 747. The van der Waals surface area contributed by atoms with Crippen molar-refractivity contribution in [1.82, 2.24) is 20.4 Å². The number of anilines is 1. The number of nitrogens with one attached hydrogen (secondary N) is 2. The minimum atomic E-state index is -0.677. The van der Waals surface area contributed by atoms with Gasteiger partial charge in [0.25, 0.3) is 0 Å². The molecule has 7 nitrogen and oxygen atoms in total. The maximum Gasteiger partial charge on any atom is 0.318 e. The van der Waals surface area contributed by atoms with Gasteiger partial charge in [-0.05, 0) is 12.5 Å². The van der Waals surface area contributed by atoms with Crippen LogP contribution >= 0.6 is 23.1 Å². The lowest BCUT2D eigenvalue weighted by Gasteiger charge is -2.28. The number of urea groups is 1. The van der Waals surface area contributed by atoms with E-state index in [9.17, 15) is 9.59 Å². The van der Waals surface area contributed by atoms with Crippen LogP contribution in [-0.2, 0) is 11.2 Å². The van der Waals surface area contributed by atoms with E-state index in [1.165, 1.54) is 11.3 Å². The molecule has 0 bridgehead atoms. The average molecular weight is 392 g/mol. The third kappa shape index (κ3) is 5.18. The summed E-state index contributed by atoms with van der Waals surface area (Å²) in [5.41, 5.74) is 0.982. The van der Waals surface area contributed by atoms with Crippen LogP contribution in [0.5, 0.6) is 0 Å². The van der Waals surface area contributed by atoms with Gasteiger partial charge in [0.2, 0.25) is 11.0 Å². The second-order valence-corrected chi connectivity index (χ2v) is 8.31. The summed E-state index contributed by atoms with van der Waals surface area (Å²) >= 11 is 3.14. The molecule has 26 heavy (non-hydrogen) atoms. The largest absolute Gasteiger partial charge is 0.326 e. The smallest absolute Gasteiger partial charge is 0.318 e. The van der Waals surface area contributed by atoms with Gasteiger partial charge >= 0.3 is 6.03 Å². The van der Waals surface area contributed by atoms with Crippen LogP contribution in [0.2, 0.25) is 0 Å². The first-order chi connectivity index (χ1) is 12.6. The molecule has 9 heteroatoms. The summed E-state index contributed by atoms with van der Waals surface area (Å²) in [5, 5.41) is 14.7. The molecule has 1 unspecified atom stereocenters. The zero-order valence-electron chi connectivity index (χ0n) is 14.5. The van der Waals surface area contributed by atoms with Crippen molar-refractivity contribution >= 4 is 40.2 Å². The summed E-state index contributed by atoms with van der Waals surface area (Å²) in [7, 11) is 0. The van der Waals surface area contributed by atoms with E-state index in [4.69, 9.17) is 0 Å². The molecule has 1 fully saturated rings. The third-order valence-electron chi connectivity index (χ3n) is 3.95. The molecule has 138 valence electrons. The Labute approximate surface area is 160 Å². The Hall–Kier alpha value is -2.13. The molecule has 1 aromatic carbocycles. The Kier molecular flexibility index (Phi) is 6.45. The predicted molar refractivity (Wildman–Crippen MR) is 105 cm³/mol. The highest BCUT2D eigenvalue weighted by atomic mass is 32.2. The number of thioether (sulfide) groups is 1. The zero-order valence-corrected chi connectivity index (χ0v) is 16.1. The fourth-order valence-corrected chi connectivity index (χ4v) is 4.10. The van der Waals surface area contributed by atoms with Crippen molar-refractivity contribution in [2.24, 2.45) is 0 Å². The van der Waals surface area contributed by atoms with Gasteiger partial charge in [-0.1, -0.05) is 41.7 Å². The average Bonchev–Trinajstić information content (AvgIpc) is 3.07. The predicted octanol–water partition coefficient (Wildman–Crippen LogP) is 2.15. The molecule has 2 N–H and O–H groups in total. The molecule has 1 aromatic heterocycles.